The molecule has 4 heteroatoms. The second-order valence-electron chi connectivity index (χ2n) is 5.65. The maximum Gasteiger partial charge on any atom is 0.242 e. The molecule has 2 N–H and O–H groups in total. The minimum atomic E-state index is -0.125. The topological polar surface area (TPSA) is 54.0 Å². The molecule has 98 valence electrons. The predicted octanol–water partition coefficient (Wildman–Crippen LogP) is 2.11. The molecule has 0 radical (unpaired) electrons. The van der Waals surface area contributed by atoms with E-state index in [9.17, 15) is 4.79 Å². The molecule has 0 spiro atoms. The van der Waals surface area contributed by atoms with Gasteiger partial charge in [-0.2, -0.15) is 0 Å². The van der Waals surface area contributed by atoms with Gasteiger partial charge in [0.25, 0.3) is 0 Å². The lowest BCUT2D eigenvalue weighted by Gasteiger charge is -2.38. The second-order valence-corrected chi connectivity index (χ2v) is 5.65. The van der Waals surface area contributed by atoms with Crippen LogP contribution in [-0.2, 0) is 4.79 Å². The maximum atomic E-state index is 12.3. The molecule has 4 nitrogen and oxygen atoms in total. The van der Waals surface area contributed by atoms with E-state index in [4.69, 9.17) is 0 Å². The summed E-state index contributed by atoms with van der Waals surface area (Å²) in [5.74, 6) is 0.0466. The number of piperidine rings is 1. The minimum absolute atomic E-state index is 0.00437. The van der Waals surface area contributed by atoms with E-state index < -0.39 is 0 Å². The molecule has 1 aromatic rings. The molecule has 1 fully saturated rings. The Bertz CT molecular complexity index is 442. The summed E-state index contributed by atoms with van der Waals surface area (Å²) < 4.78 is 0. The van der Waals surface area contributed by atoms with Crippen molar-refractivity contribution in [1.29, 1.82) is 0 Å². The van der Waals surface area contributed by atoms with Crippen molar-refractivity contribution in [3.05, 3.63) is 24.0 Å². The molecular formula is C14H21N3O. The summed E-state index contributed by atoms with van der Waals surface area (Å²) in [7, 11) is 0. The number of hydrogen-bond acceptors (Lipinski definition) is 3. The molecule has 1 saturated heterocycles. The van der Waals surface area contributed by atoms with Crippen LogP contribution < -0.4 is 10.6 Å². The highest BCUT2D eigenvalue weighted by molar-refractivity contribution is 5.95. The van der Waals surface area contributed by atoms with Gasteiger partial charge in [-0.3, -0.25) is 9.78 Å². The van der Waals surface area contributed by atoms with Gasteiger partial charge in [0.15, 0.2) is 0 Å². The number of nitrogens with one attached hydrogen (secondary N) is 2. The summed E-state index contributed by atoms with van der Waals surface area (Å²) >= 11 is 0. The third kappa shape index (κ3) is 2.88. The Labute approximate surface area is 108 Å². The van der Waals surface area contributed by atoms with Gasteiger partial charge < -0.3 is 10.6 Å². The number of hydrogen-bond donors (Lipinski definition) is 2. The largest absolute Gasteiger partial charge is 0.325 e. The van der Waals surface area contributed by atoms with Crippen LogP contribution in [0.15, 0.2) is 18.3 Å². The molecule has 1 aromatic heterocycles. The molecule has 0 aromatic carbocycles. The Morgan fingerprint density at radius 1 is 1.56 bits per heavy atom. The van der Waals surface area contributed by atoms with E-state index >= 15 is 0 Å². The van der Waals surface area contributed by atoms with Gasteiger partial charge >= 0.3 is 0 Å². The third-order valence-electron chi connectivity index (χ3n) is 3.55. The van der Waals surface area contributed by atoms with Crippen LogP contribution >= 0.6 is 0 Å². The summed E-state index contributed by atoms with van der Waals surface area (Å²) in [5, 5.41) is 6.28. The number of aromatic nitrogens is 1. The monoisotopic (exact) mass is 247 g/mol. The van der Waals surface area contributed by atoms with Gasteiger partial charge in [-0.05, 0) is 43.9 Å². The molecule has 0 saturated carbocycles. The van der Waals surface area contributed by atoms with Crippen LogP contribution in [0.3, 0.4) is 0 Å². The number of anilines is 1. The molecule has 18 heavy (non-hydrogen) atoms. The Hall–Kier alpha value is -1.42. The molecule has 1 unspecified atom stereocenters. The zero-order valence-electron chi connectivity index (χ0n) is 11.3. The molecule has 1 atom stereocenters. The number of amides is 1. The van der Waals surface area contributed by atoms with Crippen molar-refractivity contribution in [2.75, 3.05) is 11.9 Å². The Kier molecular flexibility index (Phi) is 3.66. The predicted molar refractivity (Wildman–Crippen MR) is 72.4 cm³/mol. The number of nitrogens with zero attached hydrogens (tertiary/aromatic N) is 1. The number of rotatable bonds is 2. The maximum absolute atomic E-state index is 12.3. The van der Waals surface area contributed by atoms with Crippen LogP contribution in [-0.4, -0.2) is 23.5 Å². The minimum Gasteiger partial charge on any atom is -0.325 e. The van der Waals surface area contributed by atoms with Crippen LogP contribution in [0.25, 0.3) is 0 Å². The quantitative estimate of drug-likeness (QED) is 0.841. The highest BCUT2D eigenvalue weighted by Crippen LogP contribution is 2.30. The fourth-order valence-corrected chi connectivity index (χ4v) is 2.50. The van der Waals surface area contributed by atoms with E-state index in [1.807, 2.05) is 19.1 Å². The lowest BCUT2D eigenvalue weighted by molar-refractivity contribution is -0.121. The lowest BCUT2D eigenvalue weighted by Crippen LogP contribution is -2.53. The smallest absolute Gasteiger partial charge is 0.242 e. The highest BCUT2D eigenvalue weighted by atomic mass is 16.2. The van der Waals surface area contributed by atoms with Gasteiger partial charge in [0.2, 0.25) is 5.91 Å². The summed E-state index contributed by atoms with van der Waals surface area (Å²) in [6, 6.07) is 3.58. The normalized spacial score (nSPS) is 22.5. The van der Waals surface area contributed by atoms with E-state index in [0.717, 1.165) is 30.8 Å². The van der Waals surface area contributed by atoms with E-state index in [1.54, 1.807) is 6.20 Å². The number of carbonyl (C=O) groups is 1. The SMILES string of the molecule is Cc1cc(NC(=O)C2NCCCC2(C)C)ccn1. The van der Waals surface area contributed by atoms with E-state index in [0.29, 0.717) is 0 Å². The lowest BCUT2D eigenvalue weighted by atomic mass is 9.77. The van der Waals surface area contributed by atoms with E-state index in [-0.39, 0.29) is 17.4 Å². The standard InChI is InChI=1S/C14H21N3O/c1-10-9-11(5-8-15-10)17-13(18)12-14(2,3)6-4-7-16-12/h5,8-9,12,16H,4,6-7H2,1-3H3,(H,15,17,18). The molecule has 2 heterocycles. The fourth-order valence-electron chi connectivity index (χ4n) is 2.50. The van der Waals surface area contributed by atoms with Gasteiger partial charge in [0.1, 0.15) is 0 Å². The van der Waals surface area contributed by atoms with Crippen LogP contribution in [0.4, 0.5) is 5.69 Å². The van der Waals surface area contributed by atoms with Crippen molar-refractivity contribution in [1.82, 2.24) is 10.3 Å². The van der Waals surface area contributed by atoms with Crippen molar-refractivity contribution in [2.45, 2.75) is 39.7 Å². The zero-order valence-corrected chi connectivity index (χ0v) is 11.3. The van der Waals surface area contributed by atoms with E-state index in [2.05, 4.69) is 29.5 Å². The zero-order chi connectivity index (χ0) is 13.2. The first kappa shape index (κ1) is 13.0. The number of carbonyl (C=O) groups excluding carboxylic acids is 1. The van der Waals surface area contributed by atoms with Crippen molar-refractivity contribution >= 4 is 11.6 Å². The van der Waals surface area contributed by atoms with Crippen molar-refractivity contribution in [2.24, 2.45) is 5.41 Å². The molecule has 1 amide bonds. The van der Waals surface area contributed by atoms with Crippen molar-refractivity contribution in [3.8, 4) is 0 Å². The Balaban J connectivity index is 2.07. The molecule has 0 aliphatic carbocycles. The van der Waals surface area contributed by atoms with E-state index in [1.165, 1.54) is 0 Å². The van der Waals surface area contributed by atoms with Gasteiger partial charge in [0, 0.05) is 17.6 Å². The van der Waals surface area contributed by atoms with Crippen LogP contribution in [0.2, 0.25) is 0 Å². The van der Waals surface area contributed by atoms with Crippen molar-refractivity contribution < 1.29 is 4.79 Å². The van der Waals surface area contributed by atoms with Crippen LogP contribution in [0, 0.1) is 12.3 Å². The average molecular weight is 247 g/mol. The molecule has 0 bridgehead atoms. The molecule has 2 rings (SSSR count). The van der Waals surface area contributed by atoms with Gasteiger partial charge in [0.05, 0.1) is 6.04 Å². The van der Waals surface area contributed by atoms with Gasteiger partial charge in [-0.1, -0.05) is 13.8 Å². The Morgan fingerprint density at radius 2 is 2.33 bits per heavy atom. The van der Waals surface area contributed by atoms with Gasteiger partial charge in [-0.25, -0.2) is 0 Å². The highest BCUT2D eigenvalue weighted by Gasteiger charge is 2.36. The van der Waals surface area contributed by atoms with Crippen LogP contribution in [0.5, 0.6) is 0 Å². The number of pyridine rings is 1. The second kappa shape index (κ2) is 5.06. The average Bonchev–Trinajstić information content (AvgIpc) is 2.28. The molecular weight excluding hydrogens is 226 g/mol. The molecule has 1 aliphatic rings. The summed E-state index contributed by atoms with van der Waals surface area (Å²) in [4.78, 5) is 16.4. The summed E-state index contributed by atoms with van der Waals surface area (Å²) in [6.45, 7) is 7.11. The Morgan fingerprint density at radius 3 is 3.00 bits per heavy atom. The third-order valence-corrected chi connectivity index (χ3v) is 3.55. The number of aryl methyl sites for hydroxylation is 1. The molecule has 1 aliphatic heterocycles. The first-order chi connectivity index (χ1) is 8.49. The summed E-state index contributed by atoms with van der Waals surface area (Å²) in [6.07, 6.45) is 3.92. The fraction of sp³-hybridized carbons (Fsp3) is 0.571. The first-order valence-electron chi connectivity index (χ1n) is 6.46. The van der Waals surface area contributed by atoms with Crippen molar-refractivity contribution in [3.63, 3.8) is 0 Å². The van der Waals surface area contributed by atoms with Crippen LogP contribution in [0.1, 0.15) is 32.4 Å². The van der Waals surface area contributed by atoms with Gasteiger partial charge in [-0.15, -0.1) is 0 Å². The summed E-state index contributed by atoms with van der Waals surface area (Å²) in [5.41, 5.74) is 1.73. The first-order valence-corrected chi connectivity index (χ1v) is 6.46.